The predicted molar refractivity (Wildman–Crippen MR) is 111 cm³/mol. The fourth-order valence-corrected chi connectivity index (χ4v) is 2.70. The largest absolute Gasteiger partial charge is 0.372 e. The van der Waals surface area contributed by atoms with Crippen molar-refractivity contribution in [3.63, 3.8) is 0 Å². The number of nitrogens with two attached hydrogens (primary N) is 1. The first-order valence-corrected chi connectivity index (χ1v) is 8.56. The summed E-state index contributed by atoms with van der Waals surface area (Å²) in [7, 11) is 0. The quantitative estimate of drug-likeness (QED) is 0.313. The first kappa shape index (κ1) is 20.1. The van der Waals surface area contributed by atoms with E-state index in [1.165, 1.54) is 37.2 Å². The molecule has 2 rings (SSSR count). The lowest BCUT2D eigenvalue weighted by molar-refractivity contribution is 0.438. The lowest BCUT2D eigenvalue weighted by atomic mass is 9.99. The highest BCUT2D eigenvalue weighted by Crippen LogP contribution is 2.23. The van der Waals surface area contributed by atoms with Gasteiger partial charge in [-0.2, -0.15) is 0 Å². The number of nitrogens with zero attached hydrogens (tertiary/aromatic N) is 2. The zero-order valence-corrected chi connectivity index (χ0v) is 16.8. The van der Waals surface area contributed by atoms with Gasteiger partial charge in [0.1, 0.15) is 0 Å². The molecule has 4 nitrogen and oxygen atoms in total. The Hall–Kier alpha value is -0.980. The van der Waals surface area contributed by atoms with Crippen LogP contribution in [0.4, 0.5) is 5.69 Å². The molecular weight excluding hydrogens is 399 g/mol. The van der Waals surface area contributed by atoms with E-state index in [1.807, 2.05) is 0 Å². The minimum absolute atomic E-state index is 0. The molecule has 1 aliphatic rings. The number of aliphatic imine (C=N–C) groups is 1. The number of anilines is 1. The summed E-state index contributed by atoms with van der Waals surface area (Å²) >= 11 is 0. The Morgan fingerprint density at radius 2 is 1.91 bits per heavy atom. The van der Waals surface area contributed by atoms with Crippen molar-refractivity contribution in [2.75, 3.05) is 24.5 Å². The summed E-state index contributed by atoms with van der Waals surface area (Å²) in [5, 5.41) is 3.14. The summed E-state index contributed by atoms with van der Waals surface area (Å²) in [5.74, 6) is 1.41. The van der Waals surface area contributed by atoms with Gasteiger partial charge in [-0.05, 0) is 42.9 Å². The number of hydrogen-bond donors (Lipinski definition) is 2. The molecule has 0 atom stereocenters. The Balaban J connectivity index is 0.00000264. The fraction of sp³-hybridized carbons (Fsp3) is 0.611. The van der Waals surface area contributed by atoms with Crippen LogP contribution in [0.2, 0.25) is 0 Å². The second-order valence-corrected chi connectivity index (χ2v) is 6.32. The fourth-order valence-electron chi connectivity index (χ4n) is 2.70. The Morgan fingerprint density at radius 3 is 2.52 bits per heavy atom. The van der Waals surface area contributed by atoms with Crippen molar-refractivity contribution in [3.8, 4) is 0 Å². The summed E-state index contributed by atoms with van der Waals surface area (Å²) in [6.45, 7) is 8.40. The van der Waals surface area contributed by atoms with E-state index >= 15 is 0 Å². The van der Waals surface area contributed by atoms with E-state index in [-0.39, 0.29) is 24.0 Å². The third-order valence-corrected chi connectivity index (χ3v) is 4.35. The number of nitrogens with one attached hydrogen (secondary N) is 1. The van der Waals surface area contributed by atoms with Crippen LogP contribution in [0.1, 0.15) is 45.1 Å². The molecule has 0 bridgehead atoms. The van der Waals surface area contributed by atoms with E-state index in [2.05, 4.69) is 53.3 Å². The molecule has 0 aliphatic carbocycles. The van der Waals surface area contributed by atoms with Crippen molar-refractivity contribution in [1.29, 1.82) is 0 Å². The average molecular weight is 430 g/mol. The minimum Gasteiger partial charge on any atom is -0.372 e. The van der Waals surface area contributed by atoms with E-state index < -0.39 is 0 Å². The number of halogens is 1. The van der Waals surface area contributed by atoms with E-state index in [0.717, 1.165) is 25.3 Å². The molecule has 0 unspecified atom stereocenters. The van der Waals surface area contributed by atoms with Crippen LogP contribution in [-0.2, 0) is 6.54 Å². The maximum absolute atomic E-state index is 5.85. The van der Waals surface area contributed by atoms with Gasteiger partial charge in [-0.1, -0.05) is 32.4 Å². The van der Waals surface area contributed by atoms with Crippen LogP contribution in [0.25, 0.3) is 0 Å². The second kappa shape index (κ2) is 10.7. The van der Waals surface area contributed by atoms with Crippen molar-refractivity contribution in [3.05, 3.63) is 29.8 Å². The van der Waals surface area contributed by atoms with Crippen LogP contribution in [0, 0.1) is 5.92 Å². The first-order valence-electron chi connectivity index (χ1n) is 8.56. The molecule has 3 N–H and O–H groups in total. The number of guanidine groups is 1. The molecule has 1 aliphatic heterocycles. The normalized spacial score (nSPS) is 16.1. The number of benzene rings is 1. The van der Waals surface area contributed by atoms with Gasteiger partial charge in [-0.25, -0.2) is 4.99 Å². The predicted octanol–water partition coefficient (Wildman–Crippen LogP) is 3.75. The maximum Gasteiger partial charge on any atom is 0.188 e. The minimum atomic E-state index is 0. The third-order valence-electron chi connectivity index (χ3n) is 4.35. The van der Waals surface area contributed by atoms with Gasteiger partial charge in [-0.3, -0.25) is 0 Å². The smallest absolute Gasteiger partial charge is 0.188 e. The number of rotatable bonds is 6. The Morgan fingerprint density at radius 1 is 1.26 bits per heavy atom. The highest BCUT2D eigenvalue weighted by atomic mass is 127. The lowest BCUT2D eigenvalue weighted by Crippen LogP contribution is -2.32. The molecular formula is C18H31IN4. The highest BCUT2D eigenvalue weighted by Gasteiger charge is 2.15. The molecule has 0 radical (unpaired) electrons. The molecule has 0 spiro atoms. The molecule has 5 heteroatoms. The summed E-state index contributed by atoms with van der Waals surface area (Å²) in [5.41, 5.74) is 8.38. The first-order chi connectivity index (χ1) is 10.7. The molecule has 23 heavy (non-hydrogen) atoms. The average Bonchev–Trinajstić information content (AvgIpc) is 2.54. The van der Waals surface area contributed by atoms with Crippen LogP contribution in [0.15, 0.2) is 29.3 Å². The van der Waals surface area contributed by atoms with Crippen molar-refractivity contribution in [2.24, 2.45) is 16.6 Å². The molecule has 1 aromatic rings. The Kier molecular flexibility index (Phi) is 9.36. The van der Waals surface area contributed by atoms with Crippen LogP contribution in [0.5, 0.6) is 0 Å². The standard InChI is InChI=1S/C18H30N4.HI/c1-3-4-11-20-18(19)21-14-16-5-7-17(8-6-16)22-12-9-15(2)10-13-22;/h5-8,15H,3-4,9-14H2,1-2H3,(H3,19,20,21);1H. The van der Waals surface area contributed by atoms with Gasteiger partial charge in [0.15, 0.2) is 5.96 Å². The molecule has 0 amide bonds. The van der Waals surface area contributed by atoms with Gasteiger partial charge in [0.2, 0.25) is 0 Å². The Bertz CT molecular complexity index is 464. The number of unbranched alkanes of at least 4 members (excludes halogenated alkanes) is 1. The van der Waals surface area contributed by atoms with Crippen molar-refractivity contribution in [1.82, 2.24) is 5.32 Å². The summed E-state index contributed by atoms with van der Waals surface area (Å²) < 4.78 is 0. The van der Waals surface area contributed by atoms with Crippen LogP contribution in [0.3, 0.4) is 0 Å². The number of hydrogen-bond acceptors (Lipinski definition) is 2. The van der Waals surface area contributed by atoms with Crippen molar-refractivity contribution < 1.29 is 0 Å². The van der Waals surface area contributed by atoms with Crippen molar-refractivity contribution in [2.45, 2.75) is 46.1 Å². The molecule has 1 heterocycles. The van der Waals surface area contributed by atoms with Gasteiger partial charge in [0.05, 0.1) is 6.54 Å². The van der Waals surface area contributed by atoms with E-state index in [1.54, 1.807) is 0 Å². The molecule has 0 saturated carbocycles. The topological polar surface area (TPSA) is 53.6 Å². The van der Waals surface area contributed by atoms with E-state index in [4.69, 9.17) is 5.73 Å². The highest BCUT2D eigenvalue weighted by molar-refractivity contribution is 14.0. The molecule has 1 aromatic carbocycles. The lowest BCUT2D eigenvalue weighted by Gasteiger charge is -2.32. The third kappa shape index (κ3) is 6.97. The van der Waals surface area contributed by atoms with Gasteiger partial charge < -0.3 is 16.0 Å². The molecule has 1 saturated heterocycles. The van der Waals surface area contributed by atoms with Gasteiger partial charge in [0.25, 0.3) is 0 Å². The molecule has 130 valence electrons. The van der Waals surface area contributed by atoms with Gasteiger partial charge >= 0.3 is 0 Å². The Labute approximate surface area is 157 Å². The maximum atomic E-state index is 5.85. The van der Waals surface area contributed by atoms with Gasteiger partial charge in [0, 0.05) is 25.3 Å². The van der Waals surface area contributed by atoms with Crippen LogP contribution in [-0.4, -0.2) is 25.6 Å². The van der Waals surface area contributed by atoms with Crippen molar-refractivity contribution >= 4 is 35.6 Å². The van der Waals surface area contributed by atoms with E-state index in [0.29, 0.717) is 12.5 Å². The van der Waals surface area contributed by atoms with Gasteiger partial charge in [-0.15, -0.1) is 24.0 Å². The van der Waals surface area contributed by atoms with Crippen LogP contribution < -0.4 is 16.0 Å². The summed E-state index contributed by atoms with van der Waals surface area (Å²) in [6.07, 6.45) is 4.88. The SMILES string of the molecule is CCCCNC(N)=NCc1ccc(N2CCC(C)CC2)cc1.I. The summed E-state index contributed by atoms with van der Waals surface area (Å²) in [4.78, 5) is 6.87. The molecule has 0 aromatic heterocycles. The molecule has 1 fully saturated rings. The van der Waals surface area contributed by atoms with E-state index in [9.17, 15) is 0 Å². The monoisotopic (exact) mass is 430 g/mol. The zero-order chi connectivity index (χ0) is 15.8. The summed E-state index contributed by atoms with van der Waals surface area (Å²) in [6, 6.07) is 8.75. The van der Waals surface area contributed by atoms with Crippen LogP contribution >= 0.6 is 24.0 Å². The number of piperidine rings is 1. The second-order valence-electron chi connectivity index (χ2n) is 6.32. The zero-order valence-electron chi connectivity index (χ0n) is 14.4.